The van der Waals surface area contributed by atoms with Crippen molar-refractivity contribution in [2.45, 2.75) is 170 Å². The quantitative estimate of drug-likeness (QED) is 0.142. The Labute approximate surface area is 523 Å². The van der Waals surface area contributed by atoms with Crippen molar-refractivity contribution in [3.8, 4) is 11.5 Å². The summed E-state index contributed by atoms with van der Waals surface area (Å²) in [6.07, 6.45) is -1.99. The number of anilines is 1. The van der Waals surface area contributed by atoms with Crippen molar-refractivity contribution in [1.29, 1.82) is 0 Å². The molecule has 4 saturated heterocycles. The molecule has 0 spiro atoms. The van der Waals surface area contributed by atoms with Crippen molar-refractivity contribution in [3.05, 3.63) is 44.6 Å². The summed E-state index contributed by atoms with van der Waals surface area (Å²) in [5.74, 6) is -12.7. The fourth-order valence-corrected chi connectivity index (χ4v) is 12.6. The number of aryl methyl sites for hydroxylation is 1. The number of amides is 9. The number of Topliss-reactive ketones (excluding diaryl/α,β-unsaturated/α-hetero) is 1. The third-order valence-electron chi connectivity index (χ3n) is 17.9. The number of nitrogens with one attached hydrogen (secondary N) is 3. The van der Waals surface area contributed by atoms with Crippen LogP contribution >= 0.6 is 0 Å². The Morgan fingerprint density at radius 2 is 1.13 bits per heavy atom. The summed E-state index contributed by atoms with van der Waals surface area (Å²) in [7, 11) is 5.62. The smallest absolute Gasteiger partial charge is 0.329 e. The number of esters is 2. The summed E-state index contributed by atoms with van der Waals surface area (Å²) < 4.78 is 18.4. The highest BCUT2D eigenvalue weighted by Gasteiger charge is 2.46. The van der Waals surface area contributed by atoms with Gasteiger partial charge >= 0.3 is 11.9 Å². The third kappa shape index (κ3) is 13.8. The van der Waals surface area contributed by atoms with Crippen LogP contribution < -0.4 is 27.1 Å². The van der Waals surface area contributed by atoms with Gasteiger partial charge in [-0.3, -0.25) is 52.7 Å². The van der Waals surface area contributed by atoms with Crippen LogP contribution in [0.5, 0.6) is 0 Å². The highest BCUT2D eigenvalue weighted by Crippen LogP contribution is 2.36. The zero-order valence-corrected chi connectivity index (χ0v) is 54.3. The molecule has 10 atom stereocenters. The van der Waals surface area contributed by atoms with E-state index >= 15 is 9.59 Å². The van der Waals surface area contributed by atoms with Crippen LogP contribution in [0.15, 0.2) is 21.3 Å². The minimum absolute atomic E-state index is 0.0607. The summed E-state index contributed by atoms with van der Waals surface area (Å²) >= 11 is 0. The number of nitrogen functional groups attached to an aromatic ring is 1. The topological polar surface area (TPSA) is 348 Å². The van der Waals surface area contributed by atoms with Gasteiger partial charge in [-0.1, -0.05) is 61.5 Å². The fourth-order valence-electron chi connectivity index (χ4n) is 12.6. The molecule has 0 aromatic heterocycles. The molecular formula is C63H87N11O16. The lowest BCUT2D eigenvalue weighted by Gasteiger charge is -2.36. The number of aromatic nitrogens is 1. The van der Waals surface area contributed by atoms with E-state index in [1.54, 1.807) is 62.3 Å². The Bertz CT molecular complexity index is 3410. The van der Waals surface area contributed by atoms with Gasteiger partial charge in [-0.15, -0.1) is 0 Å². The number of carbonyl (C=O) groups excluding carboxylic acids is 12. The number of likely N-dealkylation sites (N-methyl/N-ethyl adjacent to an activating group) is 4. The molecule has 7 rings (SSSR count). The van der Waals surface area contributed by atoms with Gasteiger partial charge in [-0.05, 0) is 88.7 Å². The van der Waals surface area contributed by atoms with Crippen molar-refractivity contribution in [2.24, 2.45) is 29.6 Å². The number of benzene rings is 2. The monoisotopic (exact) mass is 1250 g/mol. The minimum atomic E-state index is -1.88. The molecule has 1 aliphatic carbocycles. The first-order chi connectivity index (χ1) is 42.1. The lowest BCUT2D eigenvalue weighted by Crippen LogP contribution is -2.61. The van der Waals surface area contributed by atoms with Crippen LogP contribution in [0.2, 0.25) is 0 Å². The summed E-state index contributed by atoms with van der Waals surface area (Å²) in [5, 5.41) is 8.01. The molecular weight excluding hydrogens is 1170 g/mol. The molecule has 9 amide bonds. The normalized spacial score (nSPS) is 26.3. The van der Waals surface area contributed by atoms with E-state index in [1.807, 2.05) is 0 Å². The molecule has 90 heavy (non-hydrogen) atoms. The molecule has 0 radical (unpaired) electrons. The van der Waals surface area contributed by atoms with Crippen molar-refractivity contribution in [3.63, 3.8) is 0 Å². The number of nitrogens with two attached hydrogens (primary N) is 1. The van der Waals surface area contributed by atoms with E-state index in [9.17, 15) is 52.7 Å². The zero-order chi connectivity index (χ0) is 67.0. The number of nitrogens with zero attached hydrogens (tertiary/aromatic N) is 7. The number of ether oxygens (including phenoxy) is 2. The molecule has 5 aliphatic heterocycles. The first kappa shape index (κ1) is 69.0. The first-order valence-electron chi connectivity index (χ1n) is 30.8. The predicted molar refractivity (Wildman–Crippen MR) is 327 cm³/mol. The van der Waals surface area contributed by atoms with Gasteiger partial charge in [0.15, 0.2) is 17.1 Å². The molecule has 4 fully saturated rings. The van der Waals surface area contributed by atoms with Crippen LogP contribution in [0.3, 0.4) is 0 Å². The summed E-state index contributed by atoms with van der Waals surface area (Å²) in [6, 6.07) is -6.40. The minimum Gasteiger partial charge on any atom is -0.458 e. The molecule has 27 nitrogen and oxygen atoms in total. The van der Waals surface area contributed by atoms with Gasteiger partial charge < -0.3 is 65.0 Å². The van der Waals surface area contributed by atoms with E-state index < -0.39 is 191 Å². The van der Waals surface area contributed by atoms with Crippen LogP contribution in [0.4, 0.5) is 5.69 Å². The number of cyclic esters (lactones) is 2. The lowest BCUT2D eigenvalue weighted by atomic mass is 9.86. The van der Waals surface area contributed by atoms with Crippen LogP contribution in [0.1, 0.15) is 133 Å². The zero-order valence-electron chi connectivity index (χ0n) is 54.3. The number of fused-ring (bicyclic) bond motifs is 4. The molecule has 0 saturated carbocycles. The Balaban J connectivity index is 1.32. The van der Waals surface area contributed by atoms with Gasteiger partial charge in [-0.25, -0.2) is 14.6 Å². The number of hydrogen-bond donors (Lipinski definition) is 4. The standard InChI is InChI=1S/C63H87N11O16/c1-28(2)37-25-40(75)46(34(11)88-62(86)50(30(5)6)71(15)41(76)26-69(13)59(83)38-19-17-23-73(38)58(37)82)67-55(79)36-22-21-32(9)53-48(36)65-49-43(44(64)52(78)33(10)54(49)90-53)56(80)68-47-35(12)89-63(87)51(31(7)8)72(16)42(77)27-70(14)60(84)39-20-18-24-74(39)61(85)45(29(3)4)66-57(47)81/h21-22,28-31,34-35,37-39,45-47,50-51H,17-20,23-27,64H2,1-16H3,(H,66,81)(H,67,79)(H,68,80). The number of rotatable bonds is 8. The van der Waals surface area contributed by atoms with Gasteiger partial charge in [0.1, 0.15) is 65.7 Å². The van der Waals surface area contributed by atoms with Crippen LogP contribution in [0, 0.1) is 43.4 Å². The van der Waals surface area contributed by atoms with Gasteiger partial charge in [-0.2, -0.15) is 0 Å². The van der Waals surface area contributed by atoms with Crippen LogP contribution in [-0.2, 0) is 57.4 Å². The summed E-state index contributed by atoms with van der Waals surface area (Å²) in [4.78, 5) is 200. The molecule has 490 valence electrons. The molecule has 1 aromatic carbocycles. The van der Waals surface area contributed by atoms with E-state index in [2.05, 4.69) is 16.0 Å². The second-order valence-electron chi connectivity index (χ2n) is 25.8. The predicted octanol–water partition coefficient (Wildman–Crippen LogP) is 1.82. The number of hydrogen-bond acceptors (Lipinski definition) is 18. The van der Waals surface area contributed by atoms with Gasteiger partial charge in [0.2, 0.25) is 46.8 Å². The van der Waals surface area contributed by atoms with Crippen molar-refractivity contribution in [2.75, 3.05) is 60.1 Å². The van der Waals surface area contributed by atoms with E-state index in [0.717, 1.165) is 9.80 Å². The van der Waals surface area contributed by atoms with Gasteiger partial charge in [0.05, 0.1) is 29.9 Å². The Morgan fingerprint density at radius 1 is 0.644 bits per heavy atom. The van der Waals surface area contributed by atoms with E-state index in [-0.39, 0.29) is 53.2 Å². The Kier molecular flexibility index (Phi) is 21.2. The Morgan fingerprint density at radius 3 is 1.62 bits per heavy atom. The van der Waals surface area contributed by atoms with Gasteiger partial charge in [0.25, 0.3) is 11.8 Å². The first-order valence-corrected chi connectivity index (χ1v) is 30.8. The third-order valence-corrected chi connectivity index (χ3v) is 17.9. The van der Waals surface area contributed by atoms with Crippen LogP contribution in [0.25, 0.3) is 22.6 Å². The highest BCUT2D eigenvalue weighted by atomic mass is 16.6. The largest absolute Gasteiger partial charge is 0.458 e. The fraction of sp³-hybridized carbons (Fsp3) is 0.619. The van der Waals surface area contributed by atoms with Crippen LogP contribution in [-0.4, -0.2) is 214 Å². The van der Waals surface area contributed by atoms with E-state index in [0.29, 0.717) is 24.8 Å². The maximum Gasteiger partial charge on any atom is 0.329 e. The molecule has 6 aliphatic rings. The Hall–Kier alpha value is -8.52. The average molecular weight is 1250 g/mol. The summed E-state index contributed by atoms with van der Waals surface area (Å²) in [6.45, 7) is 18.6. The average Bonchev–Trinajstić information content (AvgIpc) is 0.893. The van der Waals surface area contributed by atoms with Gasteiger partial charge in [0, 0.05) is 59.2 Å². The maximum absolute atomic E-state index is 15.2. The lowest BCUT2D eigenvalue weighted by molar-refractivity contribution is -0.163. The molecule has 10 unspecified atom stereocenters. The second kappa shape index (κ2) is 27.7. The number of ketones is 1. The molecule has 27 heteroatoms. The van der Waals surface area contributed by atoms with Crippen molar-refractivity contribution >= 4 is 87.7 Å². The van der Waals surface area contributed by atoms with Crippen molar-refractivity contribution < 1.29 is 71.4 Å². The highest BCUT2D eigenvalue weighted by molar-refractivity contribution is 6.10. The summed E-state index contributed by atoms with van der Waals surface area (Å²) in [5.41, 5.74) is 3.70. The number of carbonyl (C=O) groups is 12. The molecule has 1 aromatic rings. The van der Waals surface area contributed by atoms with Crippen molar-refractivity contribution in [1.82, 2.24) is 50.3 Å². The SMILES string of the molecule is Cc1c2oc3c(C)ccc(C(=O)NC4C(=O)CC(C(C)C)C(=O)N5CCCC5C(=O)N(C)CC(=O)N(C)C(C(C)C)C(=O)OC4C)c3nc-2c(C(=O)NC2C(=O)NC(C(C)C)C(=O)N3CCCC3C(=O)N(C)CC(=O)N(C)C(C(C)C)C(=O)OC2C)c(N)c1=O. The molecule has 0 bridgehead atoms. The maximum atomic E-state index is 15.2. The van der Waals surface area contributed by atoms with E-state index in [1.165, 1.54) is 80.7 Å². The molecule has 5 heterocycles. The van der Waals surface area contributed by atoms with E-state index in [4.69, 9.17) is 24.6 Å². The second-order valence-corrected chi connectivity index (χ2v) is 25.8. The molecule has 5 N–H and O–H groups in total.